The van der Waals surface area contributed by atoms with E-state index in [4.69, 9.17) is 25.6 Å². The maximum Gasteiger partial charge on any atom is 0.242 e. The van der Waals surface area contributed by atoms with E-state index in [-0.39, 0.29) is 17.8 Å². The maximum atomic E-state index is 13.2. The SMILES string of the molecule is C#CCOc1ccc(C[C@H]2SC(=Nc3ccc(OCC)cc3)N(CCC)C2=O)cc1OCC. The van der Waals surface area contributed by atoms with E-state index >= 15 is 0 Å². The molecule has 0 aromatic heterocycles. The molecule has 1 fully saturated rings. The van der Waals surface area contributed by atoms with Crippen molar-refractivity contribution in [3.8, 4) is 29.6 Å². The average molecular weight is 467 g/mol. The van der Waals surface area contributed by atoms with Gasteiger partial charge in [-0.1, -0.05) is 30.7 Å². The number of nitrogens with zero attached hydrogens (tertiary/aromatic N) is 2. The predicted molar refractivity (Wildman–Crippen MR) is 134 cm³/mol. The highest BCUT2D eigenvalue weighted by Crippen LogP contribution is 2.35. The van der Waals surface area contributed by atoms with Crippen molar-refractivity contribution >= 4 is 28.5 Å². The quantitative estimate of drug-likeness (QED) is 0.432. The van der Waals surface area contributed by atoms with E-state index in [1.165, 1.54) is 11.8 Å². The number of ether oxygens (including phenoxy) is 3. The number of terminal acetylenes is 1. The van der Waals surface area contributed by atoms with Crippen molar-refractivity contribution in [2.75, 3.05) is 26.4 Å². The fourth-order valence-corrected chi connectivity index (χ4v) is 4.67. The first kappa shape index (κ1) is 24.5. The van der Waals surface area contributed by atoms with Gasteiger partial charge in [0.15, 0.2) is 16.7 Å². The van der Waals surface area contributed by atoms with E-state index in [0.717, 1.165) is 28.6 Å². The Hall–Kier alpha value is -3.11. The third kappa shape index (κ3) is 6.45. The van der Waals surface area contributed by atoms with Crippen LogP contribution in [-0.4, -0.2) is 47.6 Å². The van der Waals surface area contributed by atoms with E-state index in [2.05, 4.69) is 12.8 Å². The Morgan fingerprint density at radius 2 is 1.79 bits per heavy atom. The predicted octanol–water partition coefficient (Wildman–Crippen LogP) is 5.08. The molecule has 1 amide bonds. The lowest BCUT2D eigenvalue weighted by atomic mass is 10.1. The van der Waals surface area contributed by atoms with Crippen LogP contribution in [0.25, 0.3) is 0 Å². The van der Waals surface area contributed by atoms with Gasteiger partial charge in [-0.25, -0.2) is 4.99 Å². The van der Waals surface area contributed by atoms with Crippen LogP contribution in [-0.2, 0) is 11.2 Å². The van der Waals surface area contributed by atoms with Crippen LogP contribution in [0.4, 0.5) is 5.69 Å². The monoisotopic (exact) mass is 466 g/mol. The van der Waals surface area contributed by atoms with Crippen LogP contribution >= 0.6 is 11.8 Å². The highest BCUT2D eigenvalue weighted by atomic mass is 32.2. The van der Waals surface area contributed by atoms with Gasteiger partial charge < -0.3 is 14.2 Å². The van der Waals surface area contributed by atoms with Crippen molar-refractivity contribution in [2.45, 2.75) is 38.9 Å². The number of aliphatic imine (C=N–C) groups is 1. The topological polar surface area (TPSA) is 60.4 Å². The third-order valence-corrected chi connectivity index (χ3v) is 6.06. The minimum Gasteiger partial charge on any atom is -0.494 e. The molecule has 7 heteroatoms. The molecule has 0 bridgehead atoms. The highest BCUT2D eigenvalue weighted by Gasteiger charge is 2.37. The van der Waals surface area contributed by atoms with Crippen LogP contribution in [0.2, 0.25) is 0 Å². The first-order chi connectivity index (χ1) is 16.1. The maximum absolute atomic E-state index is 13.2. The van der Waals surface area contributed by atoms with Crippen molar-refractivity contribution in [1.82, 2.24) is 4.90 Å². The fraction of sp³-hybridized carbons (Fsp3) is 0.385. The molecule has 0 unspecified atom stereocenters. The molecule has 174 valence electrons. The number of benzene rings is 2. The van der Waals surface area contributed by atoms with Gasteiger partial charge in [0.1, 0.15) is 12.4 Å². The summed E-state index contributed by atoms with van der Waals surface area (Å²) in [5.41, 5.74) is 1.79. The molecule has 1 aliphatic heterocycles. The van der Waals surface area contributed by atoms with Gasteiger partial charge in [0.05, 0.1) is 24.2 Å². The molecule has 2 aromatic carbocycles. The minimum atomic E-state index is -0.245. The summed E-state index contributed by atoms with van der Waals surface area (Å²) in [6, 6.07) is 13.3. The van der Waals surface area contributed by atoms with Crippen molar-refractivity contribution in [3.63, 3.8) is 0 Å². The van der Waals surface area contributed by atoms with Gasteiger partial charge in [0.25, 0.3) is 0 Å². The Labute approximate surface area is 200 Å². The highest BCUT2D eigenvalue weighted by molar-refractivity contribution is 8.15. The molecule has 0 aliphatic carbocycles. The zero-order valence-electron chi connectivity index (χ0n) is 19.4. The van der Waals surface area contributed by atoms with Gasteiger partial charge in [-0.2, -0.15) is 0 Å². The summed E-state index contributed by atoms with van der Waals surface area (Å²) in [7, 11) is 0. The normalized spacial score (nSPS) is 16.7. The molecule has 1 atom stereocenters. The molecule has 0 saturated carbocycles. The van der Waals surface area contributed by atoms with Gasteiger partial charge in [-0.05, 0) is 68.7 Å². The number of rotatable bonds is 11. The molecule has 0 spiro atoms. The molecule has 0 radical (unpaired) electrons. The molecule has 2 aromatic rings. The standard InChI is InChI=1S/C26H30N2O4S/c1-5-15-28-25(29)24(33-26(28)27-20-10-12-21(13-11-20)30-7-3)18-19-9-14-22(32-16-6-2)23(17-19)31-8-4/h2,9-14,17,24H,5,7-8,15-16,18H2,1,3-4H3/t24-/m1/s1. The number of amidine groups is 1. The van der Waals surface area contributed by atoms with Crippen LogP contribution in [0.3, 0.4) is 0 Å². The summed E-state index contributed by atoms with van der Waals surface area (Å²) < 4.78 is 16.8. The number of hydrogen-bond acceptors (Lipinski definition) is 6. The van der Waals surface area contributed by atoms with E-state index in [1.54, 1.807) is 4.90 Å². The molecule has 1 heterocycles. The third-order valence-electron chi connectivity index (χ3n) is 4.88. The number of amides is 1. The summed E-state index contributed by atoms with van der Waals surface area (Å²) in [6.45, 7) is 7.87. The first-order valence-electron chi connectivity index (χ1n) is 11.2. The molecule has 3 rings (SSSR count). The molecule has 1 saturated heterocycles. The van der Waals surface area contributed by atoms with Crippen LogP contribution in [0.15, 0.2) is 47.5 Å². The van der Waals surface area contributed by atoms with Gasteiger partial charge in [0, 0.05) is 6.54 Å². The summed E-state index contributed by atoms with van der Waals surface area (Å²) in [5.74, 6) is 4.59. The second-order valence-corrected chi connectivity index (χ2v) is 8.50. The Kier molecular flexibility index (Phi) is 9.08. The van der Waals surface area contributed by atoms with Gasteiger partial charge in [-0.3, -0.25) is 9.69 Å². The molecule has 33 heavy (non-hydrogen) atoms. The number of hydrogen-bond donors (Lipinski definition) is 0. The van der Waals surface area contributed by atoms with Gasteiger partial charge >= 0.3 is 0 Å². The Morgan fingerprint density at radius 1 is 1.03 bits per heavy atom. The molecular formula is C26H30N2O4S. The Balaban J connectivity index is 1.79. The fourth-order valence-electron chi connectivity index (χ4n) is 3.45. The Bertz CT molecular complexity index is 1010. The van der Waals surface area contributed by atoms with E-state index in [0.29, 0.717) is 37.7 Å². The second-order valence-electron chi connectivity index (χ2n) is 7.33. The lowest BCUT2D eigenvalue weighted by Crippen LogP contribution is -2.33. The average Bonchev–Trinajstić information content (AvgIpc) is 3.09. The van der Waals surface area contributed by atoms with Crippen molar-refractivity contribution in [3.05, 3.63) is 48.0 Å². The molecular weight excluding hydrogens is 436 g/mol. The number of carbonyl (C=O) groups is 1. The largest absolute Gasteiger partial charge is 0.494 e. The van der Waals surface area contributed by atoms with Gasteiger partial charge in [-0.15, -0.1) is 6.42 Å². The zero-order valence-corrected chi connectivity index (χ0v) is 20.2. The summed E-state index contributed by atoms with van der Waals surface area (Å²) in [4.78, 5) is 19.7. The van der Waals surface area contributed by atoms with E-state index in [1.807, 2.05) is 56.3 Å². The van der Waals surface area contributed by atoms with Crippen LogP contribution in [0.1, 0.15) is 32.8 Å². The Morgan fingerprint density at radius 3 is 2.45 bits per heavy atom. The minimum absolute atomic E-state index is 0.0807. The summed E-state index contributed by atoms with van der Waals surface area (Å²) in [5, 5.41) is 0.486. The van der Waals surface area contributed by atoms with E-state index < -0.39 is 0 Å². The van der Waals surface area contributed by atoms with Crippen LogP contribution in [0.5, 0.6) is 17.2 Å². The molecule has 0 N–H and O–H groups in total. The summed E-state index contributed by atoms with van der Waals surface area (Å²) in [6.07, 6.45) is 6.73. The second kappa shape index (κ2) is 12.2. The zero-order chi connectivity index (χ0) is 23.6. The van der Waals surface area contributed by atoms with Gasteiger partial charge in [0.2, 0.25) is 5.91 Å². The van der Waals surface area contributed by atoms with Crippen molar-refractivity contribution < 1.29 is 19.0 Å². The van der Waals surface area contributed by atoms with E-state index in [9.17, 15) is 4.79 Å². The molecule has 1 aliphatic rings. The summed E-state index contributed by atoms with van der Waals surface area (Å²) >= 11 is 1.50. The van der Waals surface area contributed by atoms with Crippen LogP contribution in [0, 0.1) is 12.3 Å². The van der Waals surface area contributed by atoms with Crippen LogP contribution < -0.4 is 14.2 Å². The number of thioether (sulfide) groups is 1. The molecule has 6 nitrogen and oxygen atoms in total. The first-order valence-corrected chi connectivity index (χ1v) is 12.1. The lowest BCUT2D eigenvalue weighted by Gasteiger charge is -2.15. The van der Waals surface area contributed by atoms with Crippen molar-refractivity contribution in [1.29, 1.82) is 0 Å². The van der Waals surface area contributed by atoms with Crippen molar-refractivity contribution in [2.24, 2.45) is 4.99 Å². The smallest absolute Gasteiger partial charge is 0.242 e. The lowest BCUT2D eigenvalue weighted by molar-refractivity contribution is -0.126. The number of carbonyl (C=O) groups excluding carboxylic acids is 1.